The van der Waals surface area contributed by atoms with Gasteiger partial charge in [-0.25, -0.2) is 0 Å². The molecular weight excluding hydrogens is 240 g/mol. The minimum Gasteiger partial charge on any atom is -0.347 e. The van der Waals surface area contributed by atoms with Crippen molar-refractivity contribution in [2.75, 3.05) is 19.6 Å². The van der Waals surface area contributed by atoms with E-state index in [0.29, 0.717) is 12.2 Å². The van der Waals surface area contributed by atoms with Gasteiger partial charge in [0.2, 0.25) is 0 Å². The summed E-state index contributed by atoms with van der Waals surface area (Å²) in [5.74, 6) is -0.121. The summed E-state index contributed by atoms with van der Waals surface area (Å²) in [6.07, 6.45) is 3.12. The summed E-state index contributed by atoms with van der Waals surface area (Å²) in [4.78, 5) is 11.7. The lowest BCUT2D eigenvalue weighted by molar-refractivity contribution is 0.0951. The summed E-state index contributed by atoms with van der Waals surface area (Å²) >= 11 is 0. The summed E-state index contributed by atoms with van der Waals surface area (Å²) in [6, 6.07) is 1.74. The third kappa shape index (κ3) is 3.87. The third-order valence-electron chi connectivity index (χ3n) is 2.57. The minimum atomic E-state index is -0.121. The lowest BCUT2D eigenvalue weighted by Gasteiger charge is -2.13. The van der Waals surface area contributed by atoms with Crippen molar-refractivity contribution in [2.24, 2.45) is 0 Å². The van der Waals surface area contributed by atoms with Gasteiger partial charge in [0.05, 0.1) is 0 Å². The number of rotatable bonds is 3. The highest BCUT2D eigenvalue weighted by molar-refractivity contribution is 5.92. The first kappa shape index (κ1) is 13.7. The molecule has 0 spiro atoms. The van der Waals surface area contributed by atoms with Gasteiger partial charge in [-0.1, -0.05) is 11.6 Å². The van der Waals surface area contributed by atoms with E-state index in [2.05, 4.69) is 26.9 Å². The molecule has 0 saturated carbocycles. The Kier molecular flexibility index (Phi) is 5.18. The first-order valence-electron chi connectivity index (χ1n) is 5.44. The van der Waals surface area contributed by atoms with Gasteiger partial charge < -0.3 is 10.6 Å². The molecule has 3 N–H and O–H groups in total. The second kappa shape index (κ2) is 6.42. The minimum absolute atomic E-state index is 0. The molecule has 0 atom stereocenters. The molecule has 1 amide bonds. The lowest BCUT2D eigenvalue weighted by Crippen LogP contribution is -2.29. The van der Waals surface area contributed by atoms with Crippen LogP contribution < -0.4 is 10.6 Å². The van der Waals surface area contributed by atoms with Crippen LogP contribution >= 0.6 is 12.4 Å². The van der Waals surface area contributed by atoms with Crippen LogP contribution in [-0.4, -0.2) is 35.7 Å². The quantitative estimate of drug-likeness (QED) is 0.701. The topological polar surface area (TPSA) is 69.8 Å². The fourth-order valence-electron chi connectivity index (χ4n) is 1.65. The van der Waals surface area contributed by atoms with Crippen molar-refractivity contribution in [3.63, 3.8) is 0 Å². The molecule has 2 heterocycles. The second-order valence-corrected chi connectivity index (χ2v) is 3.94. The van der Waals surface area contributed by atoms with Crippen LogP contribution in [0.5, 0.6) is 0 Å². The van der Waals surface area contributed by atoms with Crippen LogP contribution in [0.2, 0.25) is 0 Å². The number of halogens is 1. The van der Waals surface area contributed by atoms with Crippen LogP contribution in [0.4, 0.5) is 0 Å². The van der Waals surface area contributed by atoms with Gasteiger partial charge in [-0.3, -0.25) is 9.89 Å². The smallest absolute Gasteiger partial charge is 0.272 e. The summed E-state index contributed by atoms with van der Waals surface area (Å²) in [5, 5.41) is 12.8. The Morgan fingerprint density at radius 2 is 2.41 bits per heavy atom. The Hall–Kier alpha value is -1.33. The van der Waals surface area contributed by atoms with Crippen molar-refractivity contribution in [3.05, 3.63) is 29.1 Å². The number of amides is 1. The summed E-state index contributed by atoms with van der Waals surface area (Å²) in [6.45, 7) is 4.38. The molecule has 2 rings (SSSR count). The van der Waals surface area contributed by atoms with Crippen LogP contribution in [0.25, 0.3) is 0 Å². The maximum Gasteiger partial charge on any atom is 0.272 e. The molecular formula is C11H17ClN4O. The number of hydrogen-bond donors (Lipinski definition) is 3. The van der Waals surface area contributed by atoms with Crippen molar-refractivity contribution in [3.8, 4) is 0 Å². The molecule has 0 aliphatic carbocycles. The van der Waals surface area contributed by atoms with Gasteiger partial charge in [0.25, 0.3) is 5.91 Å². The highest BCUT2D eigenvalue weighted by Crippen LogP contribution is 2.03. The van der Waals surface area contributed by atoms with Gasteiger partial charge in [0, 0.05) is 18.8 Å². The third-order valence-corrected chi connectivity index (χ3v) is 2.57. The Bertz CT molecular complexity index is 413. The lowest BCUT2D eigenvalue weighted by atomic mass is 10.1. The average molecular weight is 257 g/mol. The molecule has 1 aromatic heterocycles. The van der Waals surface area contributed by atoms with E-state index in [0.717, 1.165) is 25.2 Å². The predicted octanol–water partition coefficient (Wildman–Crippen LogP) is 0.789. The predicted molar refractivity (Wildman–Crippen MR) is 68.5 cm³/mol. The monoisotopic (exact) mass is 256 g/mol. The Balaban J connectivity index is 0.00000144. The van der Waals surface area contributed by atoms with E-state index in [1.165, 1.54) is 5.57 Å². The van der Waals surface area contributed by atoms with Crippen molar-refractivity contribution < 1.29 is 4.79 Å². The normalized spacial score (nSPS) is 14.8. The maximum atomic E-state index is 11.7. The van der Waals surface area contributed by atoms with Gasteiger partial charge in [-0.15, -0.1) is 12.4 Å². The standard InChI is InChI=1S/C11H16N4O.ClH/c1-8-6-10(15-14-8)11(16)13-7-9-2-4-12-5-3-9;/h2,6,12H,3-5,7H2,1H3,(H,13,16)(H,14,15);1H. The van der Waals surface area contributed by atoms with E-state index in [-0.39, 0.29) is 18.3 Å². The van der Waals surface area contributed by atoms with E-state index in [1.807, 2.05) is 6.92 Å². The number of aromatic amines is 1. The van der Waals surface area contributed by atoms with Gasteiger partial charge in [0.15, 0.2) is 0 Å². The van der Waals surface area contributed by atoms with Crippen LogP contribution in [-0.2, 0) is 0 Å². The molecule has 0 unspecified atom stereocenters. The maximum absolute atomic E-state index is 11.7. The van der Waals surface area contributed by atoms with Crippen molar-refractivity contribution >= 4 is 18.3 Å². The molecule has 0 bridgehead atoms. The molecule has 0 radical (unpaired) electrons. The number of hydrogen-bond acceptors (Lipinski definition) is 3. The van der Waals surface area contributed by atoms with Crippen molar-refractivity contribution in [1.29, 1.82) is 0 Å². The Morgan fingerprint density at radius 1 is 1.59 bits per heavy atom. The zero-order valence-electron chi connectivity index (χ0n) is 9.75. The molecule has 6 heteroatoms. The number of H-pyrrole nitrogens is 1. The van der Waals surface area contributed by atoms with E-state index < -0.39 is 0 Å². The largest absolute Gasteiger partial charge is 0.347 e. The van der Waals surface area contributed by atoms with E-state index in [9.17, 15) is 4.79 Å². The summed E-state index contributed by atoms with van der Waals surface area (Å²) < 4.78 is 0. The van der Waals surface area contributed by atoms with E-state index >= 15 is 0 Å². The number of carbonyl (C=O) groups excluding carboxylic acids is 1. The van der Waals surface area contributed by atoms with Crippen molar-refractivity contribution in [1.82, 2.24) is 20.8 Å². The number of nitrogens with one attached hydrogen (secondary N) is 3. The Morgan fingerprint density at radius 3 is 3.00 bits per heavy atom. The molecule has 1 aliphatic heterocycles. The zero-order chi connectivity index (χ0) is 11.4. The van der Waals surface area contributed by atoms with Gasteiger partial charge >= 0.3 is 0 Å². The highest BCUT2D eigenvalue weighted by atomic mass is 35.5. The molecule has 5 nitrogen and oxygen atoms in total. The number of aromatic nitrogens is 2. The average Bonchev–Trinajstić information content (AvgIpc) is 2.74. The fraction of sp³-hybridized carbons (Fsp3) is 0.455. The molecule has 0 fully saturated rings. The van der Waals surface area contributed by atoms with Crippen molar-refractivity contribution in [2.45, 2.75) is 13.3 Å². The molecule has 1 aliphatic rings. The van der Waals surface area contributed by atoms with Gasteiger partial charge in [-0.05, 0) is 26.0 Å². The fourth-order valence-corrected chi connectivity index (χ4v) is 1.65. The second-order valence-electron chi connectivity index (χ2n) is 3.94. The van der Waals surface area contributed by atoms with Crippen LogP contribution in [0, 0.1) is 6.92 Å². The summed E-state index contributed by atoms with van der Waals surface area (Å²) in [5.41, 5.74) is 2.62. The number of aryl methyl sites for hydroxylation is 1. The van der Waals surface area contributed by atoms with Gasteiger partial charge in [-0.2, -0.15) is 5.10 Å². The summed E-state index contributed by atoms with van der Waals surface area (Å²) in [7, 11) is 0. The van der Waals surface area contributed by atoms with E-state index in [1.54, 1.807) is 6.07 Å². The first-order chi connectivity index (χ1) is 7.75. The van der Waals surface area contributed by atoms with Crippen LogP contribution in [0.15, 0.2) is 17.7 Å². The molecule has 17 heavy (non-hydrogen) atoms. The molecule has 0 saturated heterocycles. The first-order valence-corrected chi connectivity index (χ1v) is 5.44. The van der Waals surface area contributed by atoms with E-state index in [4.69, 9.17) is 0 Å². The van der Waals surface area contributed by atoms with Gasteiger partial charge in [0.1, 0.15) is 5.69 Å². The zero-order valence-corrected chi connectivity index (χ0v) is 10.6. The Labute approximate surface area is 106 Å². The number of carbonyl (C=O) groups is 1. The van der Waals surface area contributed by atoms with Crippen LogP contribution in [0.3, 0.4) is 0 Å². The highest BCUT2D eigenvalue weighted by Gasteiger charge is 2.10. The molecule has 0 aromatic carbocycles. The van der Waals surface area contributed by atoms with Crippen LogP contribution in [0.1, 0.15) is 22.6 Å². The number of nitrogens with zero attached hydrogens (tertiary/aromatic N) is 1. The molecule has 1 aromatic rings. The molecule has 94 valence electrons. The SMILES string of the molecule is Cc1cc(C(=O)NCC2=CCNCC2)n[nH]1.Cl.